The van der Waals surface area contributed by atoms with Crippen LogP contribution in [0.1, 0.15) is 28.4 Å². The average Bonchev–Trinajstić information content (AvgIpc) is 2.55. The number of benzene rings is 2. The number of rotatable bonds is 3. The molecule has 0 fully saturated rings. The van der Waals surface area contributed by atoms with Gasteiger partial charge in [0.25, 0.3) is 5.72 Å². The van der Waals surface area contributed by atoms with Crippen molar-refractivity contribution in [1.82, 2.24) is 0 Å². The van der Waals surface area contributed by atoms with E-state index in [0.717, 1.165) is 28.0 Å². The lowest BCUT2D eigenvalue weighted by molar-refractivity contribution is -0.547. The van der Waals surface area contributed by atoms with Crippen molar-refractivity contribution in [2.24, 2.45) is 0 Å². The van der Waals surface area contributed by atoms with Crippen LogP contribution in [0.25, 0.3) is 0 Å². The molecule has 0 amide bonds. The second-order valence-corrected chi connectivity index (χ2v) is 5.19. The van der Waals surface area contributed by atoms with E-state index in [2.05, 4.69) is 11.8 Å². The van der Waals surface area contributed by atoms with Crippen molar-refractivity contribution in [2.45, 2.75) is 11.8 Å². The summed E-state index contributed by atoms with van der Waals surface area (Å²) in [4.78, 5) is 0. The third-order valence-corrected chi connectivity index (χ3v) is 4.24. The molecule has 0 radical (unpaired) electrons. The van der Waals surface area contributed by atoms with Gasteiger partial charge in [-0.25, -0.2) is 0 Å². The molecule has 0 saturated heterocycles. The first-order chi connectivity index (χ1) is 10.2. The number of quaternary nitrogens is 1. The third-order valence-electron chi connectivity index (χ3n) is 4.24. The molecular weight excluding hydrogens is 266 g/mol. The Morgan fingerprint density at radius 3 is 2.33 bits per heavy atom. The van der Waals surface area contributed by atoms with Crippen LogP contribution in [0.2, 0.25) is 0 Å². The Bertz CT molecular complexity index is 671. The summed E-state index contributed by atoms with van der Waals surface area (Å²) in [5, 5.41) is 0. The van der Waals surface area contributed by atoms with Crippen LogP contribution in [-0.4, -0.2) is 21.3 Å². The van der Waals surface area contributed by atoms with Gasteiger partial charge in [0.15, 0.2) is 0 Å². The Morgan fingerprint density at radius 1 is 0.952 bits per heavy atom. The fourth-order valence-electron chi connectivity index (χ4n) is 3.12. The van der Waals surface area contributed by atoms with Crippen LogP contribution in [0.4, 0.5) is 0 Å². The van der Waals surface area contributed by atoms with Crippen LogP contribution >= 0.6 is 0 Å². The lowest BCUT2D eigenvalue weighted by Gasteiger charge is -2.36. The molecule has 0 aromatic heterocycles. The smallest absolute Gasteiger partial charge is 0.253 e. The number of ether oxygens (including phenoxy) is 3. The highest BCUT2D eigenvalue weighted by Crippen LogP contribution is 2.44. The first kappa shape index (κ1) is 14.1. The molecular formula is C17H20NO3+. The fourth-order valence-corrected chi connectivity index (χ4v) is 3.12. The van der Waals surface area contributed by atoms with Crippen molar-refractivity contribution >= 4 is 0 Å². The molecule has 110 valence electrons. The summed E-state index contributed by atoms with van der Waals surface area (Å²) in [5.74, 6) is 0.785. The molecule has 2 unspecified atom stereocenters. The zero-order valence-corrected chi connectivity index (χ0v) is 12.6. The highest BCUT2D eigenvalue weighted by molar-refractivity contribution is 5.53. The van der Waals surface area contributed by atoms with Crippen LogP contribution in [0.15, 0.2) is 42.5 Å². The first-order valence-corrected chi connectivity index (χ1v) is 6.86. The highest BCUT2D eigenvalue weighted by atomic mass is 16.5. The van der Waals surface area contributed by atoms with Crippen molar-refractivity contribution in [3.8, 4) is 5.75 Å². The second-order valence-electron chi connectivity index (χ2n) is 5.19. The maximum Gasteiger partial charge on any atom is 0.253 e. The fraction of sp³-hybridized carbons (Fsp3) is 0.294. The molecule has 1 aliphatic rings. The quantitative estimate of drug-likeness (QED) is 0.876. The Kier molecular flexibility index (Phi) is 3.45. The van der Waals surface area contributed by atoms with Gasteiger partial charge in [-0.15, -0.1) is 0 Å². The summed E-state index contributed by atoms with van der Waals surface area (Å²) in [5.41, 5.74) is 7.75. The lowest BCUT2D eigenvalue weighted by atomic mass is 9.78. The molecule has 3 rings (SSSR count). The van der Waals surface area contributed by atoms with E-state index in [1.54, 1.807) is 21.3 Å². The van der Waals surface area contributed by atoms with Crippen LogP contribution in [0, 0.1) is 0 Å². The van der Waals surface area contributed by atoms with E-state index in [-0.39, 0.29) is 6.10 Å². The molecule has 0 spiro atoms. The Balaban J connectivity index is 2.31. The van der Waals surface area contributed by atoms with Gasteiger partial charge >= 0.3 is 0 Å². The molecule has 4 heteroatoms. The minimum absolute atomic E-state index is 0.118. The normalized spacial score (nSPS) is 23.3. The van der Waals surface area contributed by atoms with E-state index in [0.29, 0.717) is 0 Å². The molecule has 0 heterocycles. The topological polar surface area (TPSA) is 55.3 Å². The van der Waals surface area contributed by atoms with Crippen molar-refractivity contribution in [2.75, 3.05) is 21.3 Å². The summed E-state index contributed by atoms with van der Waals surface area (Å²) >= 11 is 0. The van der Waals surface area contributed by atoms with Crippen molar-refractivity contribution in [1.29, 1.82) is 0 Å². The van der Waals surface area contributed by atoms with Gasteiger partial charge in [0.05, 0.1) is 18.2 Å². The molecule has 0 aliphatic heterocycles. The average molecular weight is 286 g/mol. The molecule has 1 aliphatic carbocycles. The van der Waals surface area contributed by atoms with Gasteiger partial charge in [0, 0.05) is 14.2 Å². The van der Waals surface area contributed by atoms with Gasteiger partial charge in [-0.05, 0) is 29.3 Å². The SMILES string of the molecule is COc1ccc2c(c1)C([NH3+])(OC)c1ccccc1C2OC. The van der Waals surface area contributed by atoms with Gasteiger partial charge in [-0.3, -0.25) is 0 Å². The standard InChI is InChI=1S/C17H19NO3/c1-19-11-8-9-13-15(10-11)17(18,21-3)14-7-5-4-6-12(14)16(13)20-2/h4-10,16H,18H2,1-3H3/p+1. The number of methoxy groups -OCH3 is 3. The summed E-state index contributed by atoms with van der Waals surface area (Å²) in [7, 11) is 5.06. The largest absolute Gasteiger partial charge is 0.497 e. The maximum atomic E-state index is 5.80. The van der Waals surface area contributed by atoms with Gasteiger partial charge in [-0.1, -0.05) is 24.3 Å². The Morgan fingerprint density at radius 2 is 1.67 bits per heavy atom. The van der Waals surface area contributed by atoms with Gasteiger partial charge in [0.2, 0.25) is 0 Å². The minimum Gasteiger partial charge on any atom is -0.497 e. The molecule has 4 nitrogen and oxygen atoms in total. The minimum atomic E-state index is -0.754. The zero-order valence-electron chi connectivity index (χ0n) is 12.6. The predicted molar refractivity (Wildman–Crippen MR) is 79.0 cm³/mol. The van der Waals surface area contributed by atoms with Gasteiger partial charge in [0.1, 0.15) is 11.9 Å². The van der Waals surface area contributed by atoms with E-state index in [9.17, 15) is 0 Å². The third kappa shape index (κ3) is 1.95. The summed E-state index contributed by atoms with van der Waals surface area (Å²) in [6, 6.07) is 14.1. The number of hydrogen-bond donors (Lipinski definition) is 1. The van der Waals surface area contributed by atoms with E-state index in [1.807, 2.05) is 36.4 Å². The maximum absolute atomic E-state index is 5.80. The molecule has 2 atom stereocenters. The Hall–Kier alpha value is -1.88. The predicted octanol–water partition coefficient (Wildman–Crippen LogP) is 1.83. The monoisotopic (exact) mass is 286 g/mol. The van der Waals surface area contributed by atoms with Crippen LogP contribution in [-0.2, 0) is 15.2 Å². The Labute approximate surface area is 124 Å². The molecule has 0 bridgehead atoms. The second kappa shape index (κ2) is 5.15. The molecule has 3 N–H and O–H groups in total. The van der Waals surface area contributed by atoms with Gasteiger partial charge < -0.3 is 19.9 Å². The van der Waals surface area contributed by atoms with Gasteiger partial charge in [-0.2, -0.15) is 0 Å². The number of fused-ring (bicyclic) bond motifs is 2. The van der Waals surface area contributed by atoms with Crippen LogP contribution < -0.4 is 10.5 Å². The van der Waals surface area contributed by atoms with E-state index < -0.39 is 5.72 Å². The van der Waals surface area contributed by atoms with Crippen molar-refractivity contribution < 1.29 is 19.9 Å². The van der Waals surface area contributed by atoms with Crippen LogP contribution in [0.3, 0.4) is 0 Å². The molecule has 2 aromatic rings. The highest BCUT2D eigenvalue weighted by Gasteiger charge is 2.45. The zero-order chi connectivity index (χ0) is 15.0. The summed E-state index contributed by atoms with van der Waals surface area (Å²) < 4.78 is 16.9. The van der Waals surface area contributed by atoms with Crippen molar-refractivity contribution in [3.63, 3.8) is 0 Å². The number of hydrogen-bond acceptors (Lipinski definition) is 3. The lowest BCUT2D eigenvalue weighted by Crippen LogP contribution is -2.72. The summed E-state index contributed by atoms with van der Waals surface area (Å²) in [6.45, 7) is 0. The first-order valence-electron chi connectivity index (χ1n) is 6.86. The summed E-state index contributed by atoms with van der Waals surface area (Å²) in [6.07, 6.45) is -0.118. The van der Waals surface area contributed by atoms with Crippen molar-refractivity contribution in [3.05, 3.63) is 64.7 Å². The van der Waals surface area contributed by atoms with E-state index >= 15 is 0 Å². The molecule has 2 aromatic carbocycles. The molecule has 21 heavy (non-hydrogen) atoms. The van der Waals surface area contributed by atoms with E-state index in [1.165, 1.54) is 0 Å². The molecule has 0 saturated carbocycles. The van der Waals surface area contributed by atoms with E-state index in [4.69, 9.17) is 14.2 Å². The van der Waals surface area contributed by atoms with Crippen LogP contribution in [0.5, 0.6) is 5.75 Å².